The van der Waals surface area contributed by atoms with E-state index in [1.807, 2.05) is 0 Å². The summed E-state index contributed by atoms with van der Waals surface area (Å²) in [6, 6.07) is 12.8. The van der Waals surface area contributed by atoms with Crippen LogP contribution in [0, 0.1) is 17.1 Å². The summed E-state index contributed by atoms with van der Waals surface area (Å²) < 4.78 is 49.0. The number of carbonyl (C=O) groups is 1. The molecule has 0 radical (unpaired) electrons. The first-order chi connectivity index (χ1) is 17.5. The second kappa shape index (κ2) is 11.5. The largest absolute Gasteiger partial charge is 0.416 e. The van der Waals surface area contributed by atoms with Crippen molar-refractivity contribution in [3.8, 4) is 5.69 Å². The quantitative estimate of drug-likeness (QED) is 0.360. The molecule has 0 saturated heterocycles. The van der Waals surface area contributed by atoms with Crippen molar-refractivity contribution in [3.05, 3.63) is 92.9 Å². The molecule has 1 unspecified atom stereocenters. The van der Waals surface area contributed by atoms with E-state index in [9.17, 15) is 22.8 Å². The fraction of sp³-hybridized carbons (Fsp3) is 0.231. The lowest BCUT2D eigenvalue weighted by Gasteiger charge is -2.18. The third-order valence-corrected chi connectivity index (χ3v) is 6.71. The number of hydrogen-bond acceptors (Lipinski definition) is 5. The first-order valence-corrected chi connectivity index (χ1v) is 12.7. The van der Waals surface area contributed by atoms with Crippen LogP contribution in [0.1, 0.15) is 39.2 Å². The van der Waals surface area contributed by atoms with Crippen molar-refractivity contribution >= 4 is 28.5 Å². The Morgan fingerprint density at radius 2 is 1.81 bits per heavy atom. The fourth-order valence-electron chi connectivity index (χ4n) is 3.80. The summed E-state index contributed by atoms with van der Waals surface area (Å²) in [5.41, 5.74) is -0.171. The summed E-state index contributed by atoms with van der Waals surface area (Å²) in [4.78, 5) is 31.6. The number of pyridine rings is 1. The summed E-state index contributed by atoms with van der Waals surface area (Å²) in [6.07, 6.45) is -1.62. The van der Waals surface area contributed by atoms with Crippen LogP contribution in [0.5, 0.6) is 0 Å². The van der Waals surface area contributed by atoms with E-state index in [-0.39, 0.29) is 24.2 Å². The molecule has 7 nitrogen and oxygen atoms in total. The fourth-order valence-corrected chi connectivity index (χ4v) is 4.34. The van der Waals surface area contributed by atoms with Crippen molar-refractivity contribution < 1.29 is 18.0 Å². The highest BCUT2D eigenvalue weighted by molar-refractivity contribution is 7.85. The van der Waals surface area contributed by atoms with Crippen LogP contribution in [-0.2, 0) is 23.4 Å². The zero-order valence-corrected chi connectivity index (χ0v) is 21.3. The molecule has 3 rings (SSSR count). The molecule has 194 valence electrons. The predicted octanol–water partition coefficient (Wildman–Crippen LogP) is 4.92. The van der Waals surface area contributed by atoms with Crippen molar-refractivity contribution in [3.63, 3.8) is 0 Å². The molecule has 2 aromatic carbocycles. The zero-order valence-electron chi connectivity index (χ0n) is 20.4. The molecule has 0 aliphatic rings. The van der Waals surface area contributed by atoms with Gasteiger partial charge in [-0.15, -0.1) is 0 Å². The Labute approximate surface area is 214 Å². The van der Waals surface area contributed by atoms with E-state index in [0.717, 1.165) is 33.4 Å². The minimum absolute atomic E-state index is 0.0422. The van der Waals surface area contributed by atoms with Crippen molar-refractivity contribution in [2.24, 2.45) is 4.99 Å². The summed E-state index contributed by atoms with van der Waals surface area (Å²) in [7, 11) is 0.847. The van der Waals surface area contributed by atoms with Gasteiger partial charge in [0, 0.05) is 53.8 Å². The predicted molar refractivity (Wildman–Crippen MR) is 140 cm³/mol. The van der Waals surface area contributed by atoms with Gasteiger partial charge >= 0.3 is 6.18 Å². The molecule has 0 saturated carbocycles. The number of halogens is 3. The van der Waals surface area contributed by atoms with Crippen LogP contribution in [0.25, 0.3) is 5.69 Å². The van der Waals surface area contributed by atoms with E-state index < -0.39 is 33.9 Å². The average Bonchev–Trinajstić information content (AvgIpc) is 2.86. The van der Waals surface area contributed by atoms with Gasteiger partial charge in [-0.1, -0.05) is 28.9 Å². The Bertz CT molecular complexity index is 1440. The second-order valence-corrected chi connectivity index (χ2v) is 9.65. The molecule has 1 aromatic heterocycles. The van der Waals surface area contributed by atoms with Gasteiger partial charge in [0.25, 0.3) is 11.5 Å². The molecule has 0 aliphatic carbocycles. The van der Waals surface area contributed by atoms with E-state index in [2.05, 4.69) is 10.3 Å². The summed E-state index contributed by atoms with van der Waals surface area (Å²) >= 11 is 0. The summed E-state index contributed by atoms with van der Waals surface area (Å²) in [6.45, 7) is 1.67. The molecule has 11 heteroatoms. The van der Waals surface area contributed by atoms with Gasteiger partial charge in [-0.05, 0) is 55.1 Å². The molecule has 37 heavy (non-hydrogen) atoms. The Morgan fingerprint density at radius 1 is 1.14 bits per heavy atom. The maximum absolute atomic E-state index is 13.5. The number of hydrogen-bond donors (Lipinski definition) is 3. The summed E-state index contributed by atoms with van der Waals surface area (Å²) in [5, 5.41) is 10.2. The molecule has 1 heterocycles. The average molecular weight is 530 g/mol. The monoisotopic (exact) mass is 529 g/mol. The van der Waals surface area contributed by atoms with E-state index in [1.54, 1.807) is 37.4 Å². The smallest absolute Gasteiger partial charge is 0.348 e. The molecule has 0 fully saturated rings. The third-order valence-electron chi connectivity index (χ3n) is 5.73. The van der Waals surface area contributed by atoms with Gasteiger partial charge in [0.05, 0.1) is 5.56 Å². The van der Waals surface area contributed by atoms with Gasteiger partial charge in [-0.3, -0.25) is 23.9 Å². The van der Waals surface area contributed by atoms with E-state index in [1.165, 1.54) is 25.2 Å². The molecule has 3 aromatic rings. The number of rotatable bonds is 8. The van der Waals surface area contributed by atoms with Crippen molar-refractivity contribution in [1.29, 1.82) is 10.2 Å². The van der Waals surface area contributed by atoms with E-state index in [0.29, 0.717) is 17.0 Å². The number of alkyl halides is 3. The van der Waals surface area contributed by atoms with Crippen LogP contribution in [0.4, 0.5) is 13.2 Å². The Morgan fingerprint density at radius 3 is 2.38 bits per heavy atom. The Hall–Kier alpha value is -3.86. The van der Waals surface area contributed by atoms with Gasteiger partial charge < -0.3 is 10.7 Å². The van der Waals surface area contributed by atoms with Crippen LogP contribution in [0.3, 0.4) is 0 Å². The van der Waals surface area contributed by atoms with Gasteiger partial charge in [0.1, 0.15) is 5.56 Å². The highest BCUT2D eigenvalue weighted by Crippen LogP contribution is 2.30. The lowest BCUT2D eigenvalue weighted by atomic mass is 10.0. The van der Waals surface area contributed by atoms with Crippen LogP contribution in [-0.4, -0.2) is 35.7 Å². The highest BCUT2D eigenvalue weighted by atomic mass is 32.2. The van der Waals surface area contributed by atoms with Gasteiger partial charge in [0.2, 0.25) is 0 Å². The highest BCUT2D eigenvalue weighted by Gasteiger charge is 2.31. The standard InChI is InChI=1S/C26H26F3N5O2S/c1-16-21(23(32-2)11-12-30)14-22(24(35)33-15-17-7-9-20(10-8-17)37(3)31)25(36)34(16)19-6-4-5-18(13-19)26(27,28)29/h4-10,12-14,30-31H,11,15H2,1-3H3,(H,33,35). The number of nitrogens with one attached hydrogen (secondary N) is 3. The van der Waals surface area contributed by atoms with Gasteiger partial charge in [-0.2, -0.15) is 13.2 Å². The number of aliphatic imine (C=N–C) groups is 1. The normalized spacial score (nSPS) is 12.8. The Balaban J connectivity index is 2.10. The maximum atomic E-state index is 13.5. The van der Waals surface area contributed by atoms with E-state index in [4.69, 9.17) is 10.2 Å². The maximum Gasteiger partial charge on any atom is 0.416 e. The van der Waals surface area contributed by atoms with Crippen molar-refractivity contribution in [1.82, 2.24) is 9.88 Å². The van der Waals surface area contributed by atoms with Gasteiger partial charge in [-0.25, -0.2) is 0 Å². The molecule has 0 aliphatic heterocycles. The van der Waals surface area contributed by atoms with Crippen LogP contribution >= 0.6 is 0 Å². The zero-order chi connectivity index (χ0) is 27.3. The van der Waals surface area contributed by atoms with Gasteiger partial charge in [0.15, 0.2) is 0 Å². The van der Waals surface area contributed by atoms with Crippen LogP contribution in [0.15, 0.2) is 69.3 Å². The van der Waals surface area contributed by atoms with Crippen LogP contribution < -0.4 is 10.9 Å². The van der Waals surface area contributed by atoms with E-state index >= 15 is 0 Å². The number of benzene rings is 2. The topological polar surface area (TPSA) is 111 Å². The van der Waals surface area contributed by atoms with Crippen molar-refractivity contribution in [2.75, 3.05) is 13.3 Å². The number of aromatic nitrogens is 1. The van der Waals surface area contributed by atoms with Crippen LogP contribution in [0.2, 0.25) is 0 Å². The first-order valence-electron chi connectivity index (χ1n) is 11.1. The number of amides is 1. The Kier molecular flexibility index (Phi) is 8.59. The lowest BCUT2D eigenvalue weighted by molar-refractivity contribution is -0.137. The molecule has 3 N–H and O–H groups in total. The number of carbonyl (C=O) groups excluding carboxylic acids is 1. The van der Waals surface area contributed by atoms with Crippen molar-refractivity contribution in [2.45, 2.75) is 31.0 Å². The minimum atomic E-state index is -4.62. The molecule has 1 amide bonds. The molecule has 0 spiro atoms. The second-order valence-electron chi connectivity index (χ2n) is 8.16. The number of nitrogens with zero attached hydrogens (tertiary/aromatic N) is 2. The minimum Gasteiger partial charge on any atom is -0.348 e. The molecule has 0 bridgehead atoms. The molecular weight excluding hydrogens is 503 g/mol. The third kappa shape index (κ3) is 6.29. The lowest BCUT2D eigenvalue weighted by Crippen LogP contribution is -2.34. The summed E-state index contributed by atoms with van der Waals surface area (Å²) in [5.74, 6) is -0.697. The SMILES string of the molecule is CN=C(CC=N)c1cc(C(=O)NCc2ccc(S(C)=N)cc2)c(=O)n(-c2cccc(C(F)(F)F)c2)c1C. The molecule has 1 atom stereocenters. The first kappa shape index (κ1) is 27.7. The molecular formula is C26H26F3N5O2S.